The number of amides is 1. The molecule has 0 saturated carbocycles. The molecule has 154 valence electrons. The summed E-state index contributed by atoms with van der Waals surface area (Å²) in [5.41, 5.74) is 0.632. The number of benzene rings is 3. The van der Waals surface area contributed by atoms with Crippen LogP contribution in [0.1, 0.15) is 11.7 Å². The van der Waals surface area contributed by atoms with Gasteiger partial charge in [-0.15, -0.1) is 0 Å². The summed E-state index contributed by atoms with van der Waals surface area (Å²) in [4.78, 5) is 27.2. The highest BCUT2D eigenvalue weighted by Gasteiger charge is 2.30. The lowest BCUT2D eigenvalue weighted by atomic mass is 10.1. The number of hydrogen-bond acceptors (Lipinski definition) is 5. The van der Waals surface area contributed by atoms with Crippen LogP contribution in [0.15, 0.2) is 72.8 Å². The van der Waals surface area contributed by atoms with Gasteiger partial charge in [0.2, 0.25) is 6.10 Å². The highest BCUT2D eigenvalue weighted by Crippen LogP contribution is 2.23. The number of morpholine rings is 1. The third-order valence-electron chi connectivity index (χ3n) is 4.98. The lowest BCUT2D eigenvalue weighted by Crippen LogP contribution is -2.44. The zero-order valence-corrected chi connectivity index (χ0v) is 16.5. The van der Waals surface area contributed by atoms with E-state index in [1.165, 1.54) is 0 Å². The van der Waals surface area contributed by atoms with Crippen molar-refractivity contribution in [3.05, 3.63) is 78.4 Å². The molecule has 1 saturated heterocycles. The fourth-order valence-electron chi connectivity index (χ4n) is 3.40. The first-order valence-corrected chi connectivity index (χ1v) is 9.93. The molecule has 0 unspecified atom stereocenters. The van der Waals surface area contributed by atoms with Crippen molar-refractivity contribution in [1.29, 1.82) is 0 Å². The van der Waals surface area contributed by atoms with Gasteiger partial charge >= 0.3 is 5.97 Å². The van der Waals surface area contributed by atoms with Crippen molar-refractivity contribution in [3.8, 4) is 5.75 Å². The first-order valence-electron chi connectivity index (χ1n) is 9.93. The second kappa shape index (κ2) is 9.41. The molecule has 0 spiro atoms. The van der Waals surface area contributed by atoms with E-state index in [4.69, 9.17) is 14.2 Å². The Morgan fingerprint density at radius 1 is 0.900 bits per heavy atom. The van der Waals surface area contributed by atoms with Crippen molar-refractivity contribution in [3.63, 3.8) is 0 Å². The molecule has 1 heterocycles. The Bertz CT molecular complexity index is 1010. The summed E-state index contributed by atoms with van der Waals surface area (Å²) in [6, 6.07) is 22.6. The van der Waals surface area contributed by atoms with E-state index in [1.54, 1.807) is 17.0 Å². The van der Waals surface area contributed by atoms with Crippen LogP contribution in [0.2, 0.25) is 0 Å². The average Bonchev–Trinajstić information content (AvgIpc) is 2.82. The minimum absolute atomic E-state index is 0.247. The lowest BCUT2D eigenvalue weighted by molar-refractivity contribution is -0.164. The summed E-state index contributed by atoms with van der Waals surface area (Å²) in [6.45, 7) is 1.64. The van der Waals surface area contributed by atoms with Crippen molar-refractivity contribution in [1.82, 2.24) is 4.90 Å². The molecule has 3 aromatic carbocycles. The Labute approximate surface area is 175 Å². The van der Waals surface area contributed by atoms with Crippen molar-refractivity contribution in [2.45, 2.75) is 6.10 Å². The minimum Gasteiger partial charge on any atom is -0.482 e. The first-order chi connectivity index (χ1) is 14.7. The van der Waals surface area contributed by atoms with Gasteiger partial charge in [-0.2, -0.15) is 0 Å². The summed E-state index contributed by atoms with van der Waals surface area (Å²) < 4.78 is 16.5. The Morgan fingerprint density at radius 2 is 1.60 bits per heavy atom. The quantitative estimate of drug-likeness (QED) is 0.589. The first kappa shape index (κ1) is 19.9. The third-order valence-corrected chi connectivity index (χ3v) is 4.98. The zero-order valence-electron chi connectivity index (χ0n) is 16.5. The molecule has 0 aromatic heterocycles. The summed E-state index contributed by atoms with van der Waals surface area (Å²) >= 11 is 0. The Kier molecular flexibility index (Phi) is 6.25. The van der Waals surface area contributed by atoms with Gasteiger partial charge < -0.3 is 19.1 Å². The van der Waals surface area contributed by atoms with Gasteiger partial charge in [0.25, 0.3) is 5.91 Å². The molecule has 4 rings (SSSR count). The average molecular weight is 405 g/mol. The number of fused-ring (bicyclic) bond motifs is 1. The Hall–Kier alpha value is -3.38. The highest BCUT2D eigenvalue weighted by atomic mass is 16.6. The Morgan fingerprint density at radius 3 is 2.37 bits per heavy atom. The van der Waals surface area contributed by atoms with Crippen LogP contribution in [-0.4, -0.2) is 49.7 Å². The van der Waals surface area contributed by atoms with E-state index in [0.717, 1.165) is 10.8 Å². The molecule has 3 aromatic rings. The predicted octanol–water partition coefficient (Wildman–Crippen LogP) is 3.36. The number of esters is 1. The van der Waals surface area contributed by atoms with Crippen LogP contribution in [0, 0.1) is 0 Å². The summed E-state index contributed by atoms with van der Waals surface area (Å²) in [5, 5.41) is 2.11. The van der Waals surface area contributed by atoms with Gasteiger partial charge in [0.15, 0.2) is 6.61 Å². The molecule has 0 bridgehead atoms. The molecule has 1 atom stereocenters. The second-order valence-electron chi connectivity index (χ2n) is 7.02. The van der Waals surface area contributed by atoms with E-state index >= 15 is 0 Å². The van der Waals surface area contributed by atoms with Crippen molar-refractivity contribution in [2.75, 3.05) is 32.9 Å². The van der Waals surface area contributed by atoms with Crippen LogP contribution >= 0.6 is 0 Å². The van der Waals surface area contributed by atoms with E-state index < -0.39 is 12.1 Å². The molecular weight excluding hydrogens is 382 g/mol. The largest absolute Gasteiger partial charge is 0.482 e. The van der Waals surface area contributed by atoms with Gasteiger partial charge in [0.1, 0.15) is 5.75 Å². The van der Waals surface area contributed by atoms with Gasteiger partial charge in [-0.25, -0.2) is 4.79 Å². The summed E-state index contributed by atoms with van der Waals surface area (Å²) in [6.07, 6.45) is -1.00. The van der Waals surface area contributed by atoms with Crippen molar-refractivity contribution >= 4 is 22.6 Å². The molecule has 0 aliphatic carbocycles. The maximum atomic E-state index is 13.0. The molecule has 0 radical (unpaired) electrons. The molecule has 0 N–H and O–H groups in total. The van der Waals surface area contributed by atoms with E-state index in [1.807, 2.05) is 60.7 Å². The summed E-state index contributed by atoms with van der Waals surface area (Å²) in [5.74, 6) is -0.274. The van der Waals surface area contributed by atoms with Gasteiger partial charge in [0.05, 0.1) is 13.2 Å². The van der Waals surface area contributed by atoms with E-state index in [9.17, 15) is 9.59 Å². The Balaban J connectivity index is 1.43. The lowest BCUT2D eigenvalue weighted by Gasteiger charge is -2.30. The van der Waals surface area contributed by atoms with Crippen LogP contribution in [-0.2, 0) is 19.1 Å². The number of rotatable bonds is 6. The molecule has 1 aliphatic heterocycles. The van der Waals surface area contributed by atoms with Crippen molar-refractivity contribution < 1.29 is 23.8 Å². The molecule has 30 heavy (non-hydrogen) atoms. The maximum absolute atomic E-state index is 13.0. The number of nitrogens with zero attached hydrogens (tertiary/aromatic N) is 1. The SMILES string of the molecule is O=C(COc1ccc2ccccc2c1)O[C@@H](C(=O)N1CCOCC1)c1ccccc1. The highest BCUT2D eigenvalue weighted by molar-refractivity contribution is 5.86. The zero-order chi connectivity index (χ0) is 20.8. The van der Waals surface area contributed by atoms with E-state index in [0.29, 0.717) is 37.6 Å². The number of hydrogen-bond donors (Lipinski definition) is 0. The van der Waals surface area contributed by atoms with Gasteiger partial charge in [-0.1, -0.05) is 60.7 Å². The predicted molar refractivity (Wildman–Crippen MR) is 112 cm³/mol. The van der Waals surface area contributed by atoms with Crippen LogP contribution in [0.5, 0.6) is 5.75 Å². The van der Waals surface area contributed by atoms with Crippen LogP contribution in [0.25, 0.3) is 10.8 Å². The topological polar surface area (TPSA) is 65.1 Å². The number of carbonyl (C=O) groups excluding carboxylic acids is 2. The monoisotopic (exact) mass is 405 g/mol. The van der Waals surface area contributed by atoms with Gasteiger partial charge in [-0.05, 0) is 22.9 Å². The third kappa shape index (κ3) is 4.78. The standard InChI is InChI=1S/C24H23NO5/c26-22(17-29-21-11-10-18-6-4-5-9-20(18)16-21)30-23(19-7-2-1-3-8-19)24(27)25-12-14-28-15-13-25/h1-11,16,23H,12-15,17H2/t23-/m1/s1. The maximum Gasteiger partial charge on any atom is 0.345 e. The van der Waals surface area contributed by atoms with E-state index in [2.05, 4.69) is 0 Å². The molecule has 1 aliphatic rings. The number of carbonyl (C=O) groups is 2. The normalized spacial score (nSPS) is 14.9. The van der Waals surface area contributed by atoms with Crippen LogP contribution in [0.4, 0.5) is 0 Å². The second-order valence-corrected chi connectivity index (χ2v) is 7.02. The fraction of sp³-hybridized carbons (Fsp3) is 0.250. The number of ether oxygens (including phenoxy) is 3. The van der Waals surface area contributed by atoms with Crippen LogP contribution in [0.3, 0.4) is 0 Å². The smallest absolute Gasteiger partial charge is 0.345 e. The van der Waals surface area contributed by atoms with Gasteiger partial charge in [0, 0.05) is 18.7 Å². The molecular formula is C24H23NO5. The summed E-state index contributed by atoms with van der Waals surface area (Å²) in [7, 11) is 0. The molecule has 6 heteroatoms. The van der Waals surface area contributed by atoms with Crippen LogP contribution < -0.4 is 4.74 Å². The molecule has 1 fully saturated rings. The van der Waals surface area contributed by atoms with E-state index in [-0.39, 0.29) is 12.5 Å². The minimum atomic E-state index is -1.00. The molecule has 1 amide bonds. The molecule has 6 nitrogen and oxygen atoms in total. The fourth-order valence-corrected chi connectivity index (χ4v) is 3.40. The van der Waals surface area contributed by atoms with Crippen molar-refractivity contribution in [2.24, 2.45) is 0 Å². The van der Waals surface area contributed by atoms with Gasteiger partial charge in [-0.3, -0.25) is 4.79 Å².